The summed E-state index contributed by atoms with van der Waals surface area (Å²) in [5.41, 5.74) is 2.38. The van der Waals surface area contributed by atoms with E-state index < -0.39 is 0 Å². The van der Waals surface area contributed by atoms with E-state index in [0.717, 1.165) is 18.3 Å². The van der Waals surface area contributed by atoms with E-state index in [0.29, 0.717) is 10.8 Å². The Hall–Kier alpha value is -1.29. The maximum atomic E-state index is 9.36. The molecule has 98 valence electrons. The van der Waals surface area contributed by atoms with Crippen LogP contribution in [0.25, 0.3) is 0 Å². The third-order valence-electron chi connectivity index (χ3n) is 7.03. The molecule has 4 rings (SSSR count). The molecule has 0 aromatic heterocycles. The first kappa shape index (κ1) is 11.5. The van der Waals surface area contributed by atoms with E-state index >= 15 is 0 Å². The smallest absolute Gasteiger partial charge is 0.0628 e. The van der Waals surface area contributed by atoms with Crippen LogP contribution in [0.1, 0.15) is 45.1 Å². The largest absolute Gasteiger partial charge is 0.198 e. The second kappa shape index (κ2) is 3.23. The quantitative estimate of drug-likeness (QED) is 0.769. The highest BCUT2D eigenvalue weighted by Gasteiger charge is 2.94. The molecular weight excluding hydrogens is 230 g/mol. The summed E-state index contributed by atoms with van der Waals surface area (Å²) in [6, 6.07) is 13.5. The van der Waals surface area contributed by atoms with E-state index in [9.17, 15) is 5.26 Å². The van der Waals surface area contributed by atoms with Gasteiger partial charge in [0.1, 0.15) is 0 Å². The van der Waals surface area contributed by atoms with Gasteiger partial charge < -0.3 is 0 Å². The van der Waals surface area contributed by atoms with Crippen molar-refractivity contribution in [1.82, 2.24) is 0 Å². The molecular formula is C18H21N. The zero-order valence-corrected chi connectivity index (χ0v) is 11.8. The Morgan fingerprint density at radius 1 is 1.16 bits per heavy atom. The van der Waals surface area contributed by atoms with Gasteiger partial charge in [0, 0.05) is 17.3 Å². The molecule has 0 heterocycles. The summed E-state index contributed by atoms with van der Waals surface area (Å²) in [7, 11) is 0. The lowest BCUT2D eigenvalue weighted by Crippen LogP contribution is -2.46. The Kier molecular flexibility index (Phi) is 1.96. The van der Waals surface area contributed by atoms with Crippen molar-refractivity contribution in [2.45, 2.75) is 44.9 Å². The fraction of sp³-hybridized carbons (Fsp3) is 0.611. The van der Waals surface area contributed by atoms with Crippen molar-refractivity contribution in [3.8, 4) is 6.07 Å². The molecule has 1 aromatic carbocycles. The van der Waals surface area contributed by atoms with E-state index in [1.807, 2.05) is 0 Å². The monoisotopic (exact) mass is 251 g/mol. The minimum Gasteiger partial charge on any atom is -0.198 e. The van der Waals surface area contributed by atoms with Crippen LogP contribution < -0.4 is 0 Å². The van der Waals surface area contributed by atoms with Crippen LogP contribution in [0.5, 0.6) is 0 Å². The van der Waals surface area contributed by atoms with Crippen LogP contribution in [0, 0.1) is 34.0 Å². The average molecular weight is 251 g/mol. The second-order valence-corrected chi connectivity index (χ2v) is 7.25. The Labute approximate surface area is 115 Å². The van der Waals surface area contributed by atoms with E-state index in [2.05, 4.69) is 50.2 Å². The lowest BCUT2D eigenvalue weighted by atomic mass is 9.55. The number of fused-ring (bicyclic) bond motifs is 4. The molecule has 0 saturated heterocycles. The number of hydrogen-bond acceptors (Lipinski definition) is 1. The van der Waals surface area contributed by atoms with Gasteiger partial charge in [-0.2, -0.15) is 5.26 Å². The molecule has 0 spiro atoms. The first-order chi connectivity index (χ1) is 9.14. The highest BCUT2D eigenvalue weighted by Crippen LogP contribution is 2.96. The third kappa shape index (κ3) is 0.891. The van der Waals surface area contributed by atoms with E-state index in [1.165, 1.54) is 24.8 Å². The predicted octanol–water partition coefficient (Wildman–Crippen LogP) is 4.29. The predicted molar refractivity (Wildman–Crippen MR) is 75.4 cm³/mol. The lowest BCUT2D eigenvalue weighted by molar-refractivity contribution is 0.0602. The van der Waals surface area contributed by atoms with Crippen LogP contribution >= 0.6 is 0 Å². The molecule has 0 bridgehead atoms. The van der Waals surface area contributed by atoms with Crippen molar-refractivity contribution in [3.05, 3.63) is 35.9 Å². The normalized spacial score (nSPS) is 44.7. The molecule has 0 amide bonds. The maximum absolute atomic E-state index is 9.36. The lowest BCUT2D eigenvalue weighted by Gasteiger charge is -2.47. The van der Waals surface area contributed by atoms with Gasteiger partial charge in [0.15, 0.2) is 0 Å². The molecule has 0 radical (unpaired) electrons. The molecule has 19 heavy (non-hydrogen) atoms. The molecule has 3 saturated carbocycles. The van der Waals surface area contributed by atoms with Crippen molar-refractivity contribution in [2.75, 3.05) is 0 Å². The van der Waals surface area contributed by atoms with Gasteiger partial charge in [0.2, 0.25) is 0 Å². The summed E-state index contributed by atoms with van der Waals surface area (Å²) >= 11 is 0. The van der Waals surface area contributed by atoms with Gasteiger partial charge in [0.05, 0.1) is 6.07 Å². The van der Waals surface area contributed by atoms with Gasteiger partial charge in [-0.05, 0) is 35.7 Å². The highest BCUT2D eigenvalue weighted by molar-refractivity contribution is 5.55. The van der Waals surface area contributed by atoms with E-state index in [4.69, 9.17) is 0 Å². The summed E-state index contributed by atoms with van der Waals surface area (Å²) in [6.07, 6.45) is 4.84. The molecule has 3 aliphatic rings. The highest BCUT2D eigenvalue weighted by atomic mass is 15.0. The fourth-order valence-corrected chi connectivity index (χ4v) is 6.71. The molecule has 1 nitrogen and oxygen atoms in total. The number of benzene rings is 1. The molecule has 1 aromatic rings. The van der Waals surface area contributed by atoms with Crippen molar-refractivity contribution in [3.63, 3.8) is 0 Å². The van der Waals surface area contributed by atoms with Crippen molar-refractivity contribution in [2.24, 2.45) is 22.7 Å². The molecule has 0 unspecified atom stereocenters. The van der Waals surface area contributed by atoms with E-state index in [1.54, 1.807) is 0 Å². The topological polar surface area (TPSA) is 23.8 Å². The SMILES string of the molecule is CC1(C)[C@]2(c3ccccc3)[C@H]3CCC[C@H]3[C@]12CC#N. The van der Waals surface area contributed by atoms with Crippen molar-refractivity contribution < 1.29 is 0 Å². The maximum Gasteiger partial charge on any atom is 0.0628 e. The average Bonchev–Trinajstić information content (AvgIpc) is 2.71. The first-order valence-electron chi connectivity index (χ1n) is 7.57. The summed E-state index contributed by atoms with van der Waals surface area (Å²) in [5.74, 6) is 1.64. The molecule has 0 aliphatic heterocycles. The second-order valence-electron chi connectivity index (χ2n) is 7.25. The van der Waals surface area contributed by atoms with Gasteiger partial charge in [-0.1, -0.05) is 50.6 Å². The molecule has 4 atom stereocenters. The van der Waals surface area contributed by atoms with Crippen molar-refractivity contribution in [1.29, 1.82) is 5.26 Å². The number of rotatable bonds is 2. The zero-order valence-electron chi connectivity index (χ0n) is 11.8. The summed E-state index contributed by atoms with van der Waals surface area (Å²) in [5, 5.41) is 9.36. The third-order valence-corrected chi connectivity index (χ3v) is 7.03. The van der Waals surface area contributed by atoms with Gasteiger partial charge in [-0.25, -0.2) is 0 Å². The van der Waals surface area contributed by atoms with Gasteiger partial charge >= 0.3 is 0 Å². The Morgan fingerprint density at radius 2 is 1.84 bits per heavy atom. The molecule has 1 heteroatoms. The summed E-state index contributed by atoms with van der Waals surface area (Å²) < 4.78 is 0. The molecule has 3 aliphatic carbocycles. The van der Waals surface area contributed by atoms with Gasteiger partial charge in [0.25, 0.3) is 0 Å². The van der Waals surface area contributed by atoms with Crippen LogP contribution in [0.2, 0.25) is 0 Å². The first-order valence-corrected chi connectivity index (χ1v) is 7.57. The Balaban J connectivity index is 1.89. The Bertz CT molecular complexity index is 567. The summed E-state index contributed by atoms with van der Waals surface area (Å²) in [4.78, 5) is 0. The van der Waals surface area contributed by atoms with Crippen LogP contribution in [0.4, 0.5) is 0 Å². The van der Waals surface area contributed by atoms with Crippen LogP contribution in [-0.4, -0.2) is 0 Å². The van der Waals surface area contributed by atoms with Crippen LogP contribution in [-0.2, 0) is 5.41 Å². The van der Waals surface area contributed by atoms with Crippen LogP contribution in [0.15, 0.2) is 30.3 Å². The standard InChI is InChI=1S/C18H21N/c1-16(2)17(11-12-19)14-9-6-10-15(14)18(16,17)13-7-4-3-5-8-13/h3-5,7-8,14-15H,6,9-11H2,1-2H3/t14-,15+,17-,18+/m1/s1. The van der Waals surface area contributed by atoms with Crippen LogP contribution in [0.3, 0.4) is 0 Å². The van der Waals surface area contributed by atoms with Gasteiger partial charge in [-0.15, -0.1) is 0 Å². The molecule has 3 fully saturated rings. The minimum absolute atomic E-state index is 0.275. The van der Waals surface area contributed by atoms with Gasteiger partial charge in [-0.3, -0.25) is 0 Å². The van der Waals surface area contributed by atoms with Crippen molar-refractivity contribution >= 4 is 0 Å². The minimum atomic E-state index is 0.275. The summed E-state index contributed by atoms with van der Waals surface area (Å²) in [6.45, 7) is 4.82. The molecule has 0 N–H and O–H groups in total. The fourth-order valence-electron chi connectivity index (χ4n) is 6.71. The number of nitriles is 1. The van der Waals surface area contributed by atoms with E-state index in [-0.39, 0.29) is 5.41 Å². The number of nitrogens with zero attached hydrogens (tertiary/aromatic N) is 1. The zero-order chi connectivity index (χ0) is 13.3. The Morgan fingerprint density at radius 3 is 2.53 bits per heavy atom. The number of hydrogen-bond donors (Lipinski definition) is 0.